The van der Waals surface area contributed by atoms with Crippen molar-refractivity contribution >= 4 is 33.0 Å². The lowest BCUT2D eigenvalue weighted by atomic mass is 10.1. The summed E-state index contributed by atoms with van der Waals surface area (Å²) >= 11 is 1.78. The Morgan fingerprint density at radius 3 is 2.42 bits per heavy atom. The summed E-state index contributed by atoms with van der Waals surface area (Å²) in [5.74, 6) is -0.106. The first kappa shape index (κ1) is 24.2. The van der Waals surface area contributed by atoms with Crippen LogP contribution in [0.25, 0.3) is 0 Å². The standard InChI is InChI=1S/C23H32N4O4S2/c1-24(2)33(29,30)20-5-6-22(26-13-15-31-16-14-26)21(18-20)23(28)27-11-9-25(10-12-27)8-7-19-4-3-17-32-19/h3-6,17-18H,7-16H2,1-2H3. The van der Waals surface area contributed by atoms with E-state index in [2.05, 4.69) is 27.3 Å². The smallest absolute Gasteiger partial charge is 0.256 e. The molecule has 0 saturated carbocycles. The molecule has 4 rings (SSSR count). The lowest BCUT2D eigenvalue weighted by Crippen LogP contribution is -2.49. The van der Waals surface area contributed by atoms with Gasteiger partial charge in [0.05, 0.1) is 23.7 Å². The molecule has 0 N–H and O–H groups in total. The summed E-state index contributed by atoms with van der Waals surface area (Å²) in [5.41, 5.74) is 1.23. The number of hydrogen-bond acceptors (Lipinski definition) is 7. The van der Waals surface area contributed by atoms with Crippen molar-refractivity contribution in [2.24, 2.45) is 0 Å². The molecular weight excluding hydrogens is 460 g/mol. The molecule has 1 amide bonds. The number of benzene rings is 1. The Morgan fingerprint density at radius 2 is 1.79 bits per heavy atom. The van der Waals surface area contributed by atoms with E-state index in [1.165, 1.54) is 23.3 Å². The summed E-state index contributed by atoms with van der Waals surface area (Å²) in [6.45, 7) is 6.43. The van der Waals surface area contributed by atoms with Crippen molar-refractivity contribution in [2.75, 3.05) is 78.0 Å². The number of carbonyl (C=O) groups excluding carboxylic acids is 1. The van der Waals surface area contributed by atoms with E-state index < -0.39 is 10.0 Å². The summed E-state index contributed by atoms with van der Waals surface area (Å²) in [6.07, 6.45) is 1.03. The number of ether oxygens (including phenoxy) is 1. The van der Waals surface area contributed by atoms with Crippen LogP contribution in [-0.2, 0) is 21.2 Å². The SMILES string of the molecule is CN(C)S(=O)(=O)c1ccc(N2CCOCC2)c(C(=O)N2CCN(CCc3cccs3)CC2)c1. The fraction of sp³-hybridized carbons (Fsp3) is 0.522. The summed E-state index contributed by atoms with van der Waals surface area (Å²) < 4.78 is 32.1. The number of thiophene rings is 1. The predicted octanol–water partition coefficient (Wildman–Crippen LogP) is 1.84. The van der Waals surface area contributed by atoms with E-state index in [0.29, 0.717) is 45.0 Å². The normalized spacial score (nSPS) is 18.2. The number of morpholine rings is 1. The third-order valence-electron chi connectivity index (χ3n) is 6.24. The van der Waals surface area contributed by atoms with Crippen molar-refractivity contribution in [3.63, 3.8) is 0 Å². The van der Waals surface area contributed by atoms with Crippen LogP contribution in [0.15, 0.2) is 40.6 Å². The molecule has 0 aliphatic carbocycles. The highest BCUT2D eigenvalue weighted by Crippen LogP contribution is 2.28. The average molecular weight is 493 g/mol. The molecule has 0 spiro atoms. The van der Waals surface area contributed by atoms with Crippen LogP contribution in [0.4, 0.5) is 5.69 Å². The minimum absolute atomic E-state index is 0.106. The largest absolute Gasteiger partial charge is 0.378 e. The molecule has 1 aromatic heterocycles. The van der Waals surface area contributed by atoms with Crippen LogP contribution in [0.5, 0.6) is 0 Å². The second-order valence-corrected chi connectivity index (χ2v) is 11.7. The number of sulfonamides is 1. The number of piperazine rings is 1. The summed E-state index contributed by atoms with van der Waals surface area (Å²) in [5, 5.41) is 2.10. The highest BCUT2D eigenvalue weighted by atomic mass is 32.2. The van der Waals surface area contributed by atoms with E-state index in [4.69, 9.17) is 4.74 Å². The molecule has 180 valence electrons. The van der Waals surface area contributed by atoms with E-state index >= 15 is 0 Å². The quantitative estimate of drug-likeness (QED) is 0.587. The molecule has 0 bridgehead atoms. The van der Waals surface area contributed by atoms with E-state index in [1.807, 2.05) is 4.90 Å². The van der Waals surface area contributed by atoms with Crippen LogP contribution in [0.1, 0.15) is 15.2 Å². The average Bonchev–Trinajstić information content (AvgIpc) is 3.36. The number of hydrogen-bond donors (Lipinski definition) is 0. The molecule has 10 heteroatoms. The molecular formula is C23H32N4O4S2. The van der Waals surface area contributed by atoms with Gasteiger partial charge in [-0.25, -0.2) is 12.7 Å². The molecule has 2 aliphatic heterocycles. The minimum atomic E-state index is -3.64. The number of rotatable bonds is 7. The monoisotopic (exact) mass is 492 g/mol. The van der Waals surface area contributed by atoms with Gasteiger partial charge in [0.2, 0.25) is 10.0 Å². The maximum atomic E-state index is 13.6. The molecule has 33 heavy (non-hydrogen) atoms. The van der Waals surface area contributed by atoms with Gasteiger partial charge < -0.3 is 14.5 Å². The zero-order valence-electron chi connectivity index (χ0n) is 19.3. The lowest BCUT2D eigenvalue weighted by Gasteiger charge is -2.36. The zero-order chi connectivity index (χ0) is 23.4. The third kappa shape index (κ3) is 5.58. The van der Waals surface area contributed by atoms with Gasteiger partial charge in [-0.15, -0.1) is 11.3 Å². The Bertz CT molecular complexity index is 1040. The van der Waals surface area contributed by atoms with Crippen LogP contribution in [0.2, 0.25) is 0 Å². The van der Waals surface area contributed by atoms with Crippen molar-refractivity contribution in [1.29, 1.82) is 0 Å². The number of carbonyl (C=O) groups is 1. The van der Waals surface area contributed by atoms with Gasteiger partial charge in [0.25, 0.3) is 5.91 Å². The number of nitrogens with zero attached hydrogens (tertiary/aromatic N) is 4. The summed E-state index contributed by atoms with van der Waals surface area (Å²) in [4.78, 5) is 21.5. The molecule has 0 unspecified atom stereocenters. The second kappa shape index (κ2) is 10.5. The Kier molecular flexibility index (Phi) is 7.70. The van der Waals surface area contributed by atoms with Gasteiger partial charge in [0.1, 0.15) is 0 Å². The van der Waals surface area contributed by atoms with Crippen LogP contribution in [0, 0.1) is 0 Å². The van der Waals surface area contributed by atoms with Crippen molar-refractivity contribution in [3.8, 4) is 0 Å². The Labute approximate surface area is 200 Å². The first-order chi connectivity index (χ1) is 15.9. The van der Waals surface area contributed by atoms with Gasteiger partial charge in [0, 0.05) is 70.5 Å². The third-order valence-corrected chi connectivity index (χ3v) is 8.99. The number of anilines is 1. The molecule has 0 radical (unpaired) electrons. The summed E-state index contributed by atoms with van der Waals surface area (Å²) in [6, 6.07) is 9.15. The van der Waals surface area contributed by atoms with E-state index in [1.54, 1.807) is 29.5 Å². The molecule has 1 aromatic carbocycles. The lowest BCUT2D eigenvalue weighted by molar-refractivity contribution is 0.0638. The van der Waals surface area contributed by atoms with Gasteiger partial charge in [-0.05, 0) is 36.1 Å². The first-order valence-electron chi connectivity index (χ1n) is 11.3. The van der Waals surface area contributed by atoms with Crippen molar-refractivity contribution in [2.45, 2.75) is 11.3 Å². The van der Waals surface area contributed by atoms with Gasteiger partial charge in [-0.1, -0.05) is 6.07 Å². The van der Waals surface area contributed by atoms with Gasteiger partial charge in [0.15, 0.2) is 0 Å². The van der Waals surface area contributed by atoms with Crippen molar-refractivity contribution in [1.82, 2.24) is 14.1 Å². The Morgan fingerprint density at radius 1 is 1.06 bits per heavy atom. The molecule has 2 aliphatic rings. The number of amides is 1. The van der Waals surface area contributed by atoms with E-state index in [0.717, 1.165) is 31.7 Å². The molecule has 8 nitrogen and oxygen atoms in total. The Balaban J connectivity index is 1.51. The minimum Gasteiger partial charge on any atom is -0.378 e. The van der Waals surface area contributed by atoms with Crippen LogP contribution < -0.4 is 4.90 Å². The maximum Gasteiger partial charge on any atom is 0.256 e. The van der Waals surface area contributed by atoms with Crippen LogP contribution in [0.3, 0.4) is 0 Å². The fourth-order valence-corrected chi connectivity index (χ4v) is 5.83. The molecule has 3 heterocycles. The van der Waals surface area contributed by atoms with Crippen molar-refractivity contribution in [3.05, 3.63) is 46.2 Å². The highest BCUT2D eigenvalue weighted by molar-refractivity contribution is 7.89. The van der Waals surface area contributed by atoms with Gasteiger partial charge >= 0.3 is 0 Å². The Hall–Kier alpha value is -1.98. The van der Waals surface area contributed by atoms with Crippen LogP contribution >= 0.6 is 11.3 Å². The van der Waals surface area contributed by atoms with Gasteiger partial charge in [-0.2, -0.15) is 0 Å². The van der Waals surface area contributed by atoms with Gasteiger partial charge in [-0.3, -0.25) is 9.69 Å². The molecule has 2 aromatic rings. The van der Waals surface area contributed by atoms with Crippen molar-refractivity contribution < 1.29 is 17.9 Å². The van der Waals surface area contributed by atoms with Crippen LogP contribution in [-0.4, -0.2) is 102 Å². The molecule has 2 saturated heterocycles. The van der Waals surface area contributed by atoms with E-state index in [-0.39, 0.29) is 10.8 Å². The topological polar surface area (TPSA) is 73.4 Å². The highest BCUT2D eigenvalue weighted by Gasteiger charge is 2.28. The zero-order valence-corrected chi connectivity index (χ0v) is 20.9. The summed E-state index contributed by atoms with van der Waals surface area (Å²) in [7, 11) is -0.632. The maximum absolute atomic E-state index is 13.6. The van der Waals surface area contributed by atoms with E-state index in [9.17, 15) is 13.2 Å². The molecule has 2 fully saturated rings. The first-order valence-corrected chi connectivity index (χ1v) is 13.6. The second-order valence-electron chi connectivity index (χ2n) is 8.53. The predicted molar refractivity (Wildman–Crippen MR) is 131 cm³/mol. The fourth-order valence-electron chi connectivity index (χ4n) is 4.21. The molecule has 0 atom stereocenters.